The van der Waals surface area contributed by atoms with Crippen molar-refractivity contribution >= 4 is 16.6 Å². The van der Waals surface area contributed by atoms with Gasteiger partial charge in [0.25, 0.3) is 5.56 Å². The number of hydrogen-bond donors (Lipinski definition) is 2. The van der Waals surface area contributed by atoms with Crippen molar-refractivity contribution in [2.75, 3.05) is 0 Å². The molecule has 0 saturated carbocycles. The summed E-state index contributed by atoms with van der Waals surface area (Å²) in [5.41, 5.74) is 4.84. The molecule has 0 aliphatic rings. The minimum absolute atomic E-state index is 0.224. The number of fused-ring (bicyclic) bond motifs is 2. The predicted octanol–water partition coefficient (Wildman–Crippen LogP) is 2.90. The molecule has 5 rings (SSSR count). The van der Waals surface area contributed by atoms with Gasteiger partial charge in [0.1, 0.15) is 11.2 Å². The van der Waals surface area contributed by atoms with Crippen LogP contribution in [0.5, 0.6) is 0 Å². The molecule has 2 N–H and O–H groups in total. The van der Waals surface area contributed by atoms with Crippen molar-refractivity contribution in [3.05, 3.63) is 70.9 Å². The van der Waals surface area contributed by atoms with Gasteiger partial charge in [-0.25, -0.2) is 0 Å². The van der Waals surface area contributed by atoms with E-state index in [1.54, 1.807) is 18.5 Å². The molecule has 5 aromatic rings. The number of aryl methyl sites for hydroxylation is 1. The van der Waals surface area contributed by atoms with Gasteiger partial charge in [0.15, 0.2) is 0 Å². The number of rotatable bonds is 3. The summed E-state index contributed by atoms with van der Waals surface area (Å²) in [6.07, 6.45) is 3.97. The van der Waals surface area contributed by atoms with Crippen LogP contribution in [0.4, 0.5) is 0 Å². The van der Waals surface area contributed by atoms with E-state index in [4.69, 9.17) is 0 Å². The Morgan fingerprint density at radius 1 is 1.18 bits per heavy atom. The lowest BCUT2D eigenvalue weighted by molar-refractivity contribution is 0.161. The quantitative estimate of drug-likeness (QED) is 0.474. The van der Waals surface area contributed by atoms with E-state index in [0.29, 0.717) is 23.3 Å². The second kappa shape index (κ2) is 6.05. The summed E-state index contributed by atoms with van der Waals surface area (Å²) < 4.78 is 1.39. The first-order valence-corrected chi connectivity index (χ1v) is 8.89. The van der Waals surface area contributed by atoms with E-state index >= 15 is 0 Å². The molecule has 0 unspecified atom stereocenters. The van der Waals surface area contributed by atoms with Gasteiger partial charge in [-0.15, -0.1) is 9.94 Å². The van der Waals surface area contributed by atoms with Crippen molar-refractivity contribution in [3.8, 4) is 22.5 Å². The Bertz CT molecular complexity index is 1380. The third-order valence-corrected chi connectivity index (χ3v) is 4.80. The number of aromatic amines is 1. The Hall–Kier alpha value is -3.94. The van der Waals surface area contributed by atoms with Crippen LogP contribution in [-0.4, -0.2) is 34.7 Å². The molecular weight excluding hydrogens is 356 g/mol. The molecule has 4 heterocycles. The second-order valence-corrected chi connectivity index (χ2v) is 6.48. The van der Waals surface area contributed by atoms with Gasteiger partial charge in [0, 0.05) is 17.6 Å². The summed E-state index contributed by atoms with van der Waals surface area (Å²) >= 11 is 0. The Kier molecular flexibility index (Phi) is 3.51. The van der Waals surface area contributed by atoms with Crippen LogP contribution in [0.1, 0.15) is 12.6 Å². The summed E-state index contributed by atoms with van der Waals surface area (Å²) in [5, 5.41) is 18.8. The van der Waals surface area contributed by atoms with Crippen molar-refractivity contribution in [1.82, 2.24) is 29.5 Å². The van der Waals surface area contributed by atoms with Crippen LogP contribution < -0.4 is 5.56 Å². The van der Waals surface area contributed by atoms with Gasteiger partial charge in [0.05, 0.1) is 28.8 Å². The lowest BCUT2D eigenvalue weighted by atomic mass is 10.1. The number of nitrogens with one attached hydrogen (secondary N) is 1. The van der Waals surface area contributed by atoms with E-state index in [2.05, 4.69) is 20.2 Å². The molecule has 0 aliphatic heterocycles. The highest BCUT2D eigenvalue weighted by Gasteiger charge is 2.18. The number of hydrogen-bond acceptors (Lipinski definition) is 5. The van der Waals surface area contributed by atoms with E-state index in [1.165, 1.54) is 10.6 Å². The third kappa shape index (κ3) is 2.38. The number of aromatic nitrogens is 6. The summed E-state index contributed by atoms with van der Waals surface area (Å²) in [4.78, 5) is 21.4. The van der Waals surface area contributed by atoms with E-state index in [0.717, 1.165) is 32.7 Å². The van der Waals surface area contributed by atoms with E-state index in [-0.39, 0.29) is 5.56 Å². The Morgan fingerprint density at radius 3 is 2.86 bits per heavy atom. The average Bonchev–Trinajstić information content (AvgIpc) is 3.29. The van der Waals surface area contributed by atoms with Gasteiger partial charge in [-0.3, -0.25) is 9.78 Å². The van der Waals surface area contributed by atoms with Gasteiger partial charge in [-0.05, 0) is 36.2 Å². The Balaban J connectivity index is 1.78. The molecule has 28 heavy (non-hydrogen) atoms. The molecule has 8 heteroatoms. The number of benzene rings is 1. The molecule has 4 aromatic heterocycles. The zero-order valence-corrected chi connectivity index (χ0v) is 15.0. The summed E-state index contributed by atoms with van der Waals surface area (Å²) in [5.74, 6) is 0. The fourth-order valence-electron chi connectivity index (χ4n) is 3.46. The highest BCUT2D eigenvalue weighted by Crippen LogP contribution is 2.28. The number of pyridine rings is 1. The van der Waals surface area contributed by atoms with Crippen molar-refractivity contribution in [2.45, 2.75) is 13.3 Å². The molecule has 0 bridgehead atoms. The molecule has 0 fully saturated rings. The van der Waals surface area contributed by atoms with Gasteiger partial charge >= 0.3 is 0 Å². The highest BCUT2D eigenvalue weighted by molar-refractivity contribution is 5.85. The van der Waals surface area contributed by atoms with Gasteiger partial charge in [0.2, 0.25) is 0 Å². The standard InChI is InChI=1S/C20H16N6O2/c1-2-14-19(15-5-3-4-8-21-15)20-23-16(10-18(27)25(20)24-14)12-6-7-17-13(9-12)11-22-26(17)28/h3-11,23,28H,2H2,1H3. The zero-order chi connectivity index (χ0) is 19.3. The molecule has 0 saturated heterocycles. The van der Waals surface area contributed by atoms with Crippen LogP contribution in [0.15, 0.2) is 59.7 Å². The fourth-order valence-corrected chi connectivity index (χ4v) is 3.46. The largest absolute Gasteiger partial charge is 0.411 e. The lowest BCUT2D eigenvalue weighted by Crippen LogP contribution is -2.14. The maximum Gasteiger partial charge on any atom is 0.274 e. The monoisotopic (exact) mass is 372 g/mol. The Morgan fingerprint density at radius 2 is 2.07 bits per heavy atom. The first-order chi connectivity index (χ1) is 13.7. The van der Waals surface area contributed by atoms with E-state index < -0.39 is 0 Å². The van der Waals surface area contributed by atoms with Crippen LogP contribution in [-0.2, 0) is 6.42 Å². The Labute approximate surface area is 158 Å². The average molecular weight is 372 g/mol. The normalized spacial score (nSPS) is 11.5. The molecule has 0 amide bonds. The summed E-state index contributed by atoms with van der Waals surface area (Å²) in [7, 11) is 0. The predicted molar refractivity (Wildman–Crippen MR) is 104 cm³/mol. The minimum Gasteiger partial charge on any atom is -0.411 e. The summed E-state index contributed by atoms with van der Waals surface area (Å²) in [6.45, 7) is 2.00. The van der Waals surface area contributed by atoms with Crippen molar-refractivity contribution in [3.63, 3.8) is 0 Å². The summed E-state index contributed by atoms with van der Waals surface area (Å²) in [6, 6.07) is 12.6. The van der Waals surface area contributed by atoms with Gasteiger partial charge < -0.3 is 10.2 Å². The van der Waals surface area contributed by atoms with Crippen molar-refractivity contribution in [1.29, 1.82) is 0 Å². The van der Waals surface area contributed by atoms with Crippen molar-refractivity contribution in [2.24, 2.45) is 0 Å². The zero-order valence-electron chi connectivity index (χ0n) is 15.0. The SMILES string of the molecule is CCc1nn2c(=O)cc(-c3ccc4c(cnn4O)c3)[nH]c2c1-c1ccccn1. The first-order valence-electron chi connectivity index (χ1n) is 8.89. The third-order valence-electron chi connectivity index (χ3n) is 4.80. The topological polar surface area (TPSA) is 101 Å². The fraction of sp³-hybridized carbons (Fsp3) is 0.100. The number of nitrogens with zero attached hydrogens (tertiary/aromatic N) is 5. The van der Waals surface area contributed by atoms with Crippen LogP contribution in [0, 0.1) is 0 Å². The maximum absolute atomic E-state index is 12.8. The lowest BCUT2D eigenvalue weighted by Gasteiger charge is -2.05. The van der Waals surface area contributed by atoms with E-state index in [9.17, 15) is 10.0 Å². The molecule has 8 nitrogen and oxygen atoms in total. The van der Waals surface area contributed by atoms with Crippen molar-refractivity contribution < 1.29 is 5.21 Å². The minimum atomic E-state index is -0.224. The molecule has 0 aliphatic carbocycles. The van der Waals surface area contributed by atoms with E-state index in [1.807, 2.05) is 37.3 Å². The number of H-pyrrole nitrogens is 1. The molecular formula is C20H16N6O2. The molecule has 0 atom stereocenters. The van der Waals surface area contributed by atoms with Gasteiger partial charge in [-0.1, -0.05) is 19.1 Å². The maximum atomic E-state index is 12.8. The van der Waals surface area contributed by atoms with Gasteiger partial charge in [-0.2, -0.15) is 9.61 Å². The second-order valence-electron chi connectivity index (χ2n) is 6.48. The van der Waals surface area contributed by atoms with Crippen LogP contribution >= 0.6 is 0 Å². The smallest absolute Gasteiger partial charge is 0.274 e. The van der Waals surface area contributed by atoms with Crippen LogP contribution in [0.25, 0.3) is 39.1 Å². The highest BCUT2D eigenvalue weighted by atomic mass is 16.5. The first kappa shape index (κ1) is 16.2. The molecule has 1 aromatic carbocycles. The molecule has 0 spiro atoms. The molecule has 0 radical (unpaired) electrons. The molecule has 138 valence electrons. The van der Waals surface area contributed by atoms with Crippen LogP contribution in [0.3, 0.4) is 0 Å². The van der Waals surface area contributed by atoms with Crippen LogP contribution in [0.2, 0.25) is 0 Å².